The van der Waals surface area contributed by atoms with Gasteiger partial charge in [-0.15, -0.1) is 0 Å². The number of ether oxygens (including phenoxy) is 2. The maximum Gasteiger partial charge on any atom is 0.188 e. The van der Waals surface area contributed by atoms with Crippen molar-refractivity contribution in [3.8, 4) is 0 Å². The molecule has 1 aliphatic heterocycles. The number of hydrogen-bond donors (Lipinski definition) is 0. The monoisotopic (exact) mass is 168 g/mol. The summed E-state index contributed by atoms with van der Waals surface area (Å²) in [4.78, 5) is 0. The molecule has 0 saturated carbocycles. The summed E-state index contributed by atoms with van der Waals surface area (Å²) in [5.74, 6) is -0.316. The molecule has 1 fully saturated rings. The van der Waals surface area contributed by atoms with Crippen LogP contribution < -0.4 is 0 Å². The highest BCUT2D eigenvalue weighted by Crippen LogP contribution is 2.34. The summed E-state index contributed by atoms with van der Waals surface area (Å²) in [6, 6.07) is 0. The lowest BCUT2D eigenvalue weighted by atomic mass is 9.93. The zero-order valence-electron chi connectivity index (χ0n) is 7.64. The van der Waals surface area contributed by atoms with Crippen molar-refractivity contribution in [1.82, 2.24) is 0 Å². The second kappa shape index (κ2) is 3.19. The van der Waals surface area contributed by atoms with Crippen molar-refractivity contribution < 1.29 is 9.47 Å². The Bertz CT molecular complexity index is 190. The Morgan fingerprint density at radius 2 is 2.17 bits per heavy atom. The van der Waals surface area contributed by atoms with Crippen molar-refractivity contribution in [2.75, 3.05) is 13.2 Å². The van der Waals surface area contributed by atoms with Gasteiger partial charge in [0.1, 0.15) is 0 Å². The van der Waals surface area contributed by atoms with Crippen molar-refractivity contribution in [2.24, 2.45) is 0 Å². The Balaban J connectivity index is 2.14. The molecule has 1 aliphatic carbocycles. The minimum atomic E-state index is -0.316. The zero-order valence-corrected chi connectivity index (χ0v) is 7.64. The van der Waals surface area contributed by atoms with E-state index in [0.29, 0.717) is 0 Å². The minimum Gasteiger partial charge on any atom is -0.344 e. The second-order valence-electron chi connectivity index (χ2n) is 3.52. The van der Waals surface area contributed by atoms with Gasteiger partial charge in [0, 0.05) is 6.42 Å². The maximum absolute atomic E-state index is 5.61. The van der Waals surface area contributed by atoms with Crippen molar-refractivity contribution in [1.29, 1.82) is 0 Å². The topological polar surface area (TPSA) is 18.5 Å². The van der Waals surface area contributed by atoms with Crippen LogP contribution in [0, 0.1) is 0 Å². The molecule has 0 amide bonds. The Morgan fingerprint density at radius 3 is 2.83 bits per heavy atom. The third-order valence-corrected chi connectivity index (χ3v) is 2.68. The number of hydrogen-bond acceptors (Lipinski definition) is 2. The molecule has 0 aromatic rings. The van der Waals surface area contributed by atoms with E-state index in [1.807, 2.05) is 0 Å². The van der Waals surface area contributed by atoms with E-state index in [9.17, 15) is 0 Å². The quantitative estimate of drug-likeness (QED) is 0.559. The number of allylic oxidation sites excluding steroid dienone is 1. The molecule has 1 spiro atoms. The van der Waals surface area contributed by atoms with Gasteiger partial charge in [-0.25, -0.2) is 0 Å². The molecule has 2 heteroatoms. The van der Waals surface area contributed by atoms with Crippen LogP contribution in [0.1, 0.15) is 32.6 Å². The van der Waals surface area contributed by atoms with Gasteiger partial charge in [0.2, 0.25) is 0 Å². The third kappa shape index (κ3) is 1.41. The highest BCUT2D eigenvalue weighted by Gasteiger charge is 2.35. The molecule has 0 N–H and O–H groups in total. The van der Waals surface area contributed by atoms with E-state index < -0.39 is 0 Å². The molecule has 2 nitrogen and oxygen atoms in total. The molecule has 1 saturated heterocycles. The second-order valence-corrected chi connectivity index (χ2v) is 3.52. The summed E-state index contributed by atoms with van der Waals surface area (Å²) in [7, 11) is 0. The summed E-state index contributed by atoms with van der Waals surface area (Å²) in [6.45, 7) is 3.71. The molecule has 2 rings (SSSR count). The fourth-order valence-corrected chi connectivity index (χ4v) is 1.99. The van der Waals surface area contributed by atoms with E-state index in [2.05, 4.69) is 13.0 Å². The van der Waals surface area contributed by atoms with Crippen molar-refractivity contribution in [3.05, 3.63) is 11.6 Å². The van der Waals surface area contributed by atoms with Gasteiger partial charge in [0.05, 0.1) is 13.2 Å². The van der Waals surface area contributed by atoms with Crippen LogP contribution in [-0.4, -0.2) is 19.0 Å². The molecule has 0 aromatic carbocycles. The SMILES string of the molecule is CCC1=CC2(CCC1)OCCO2. The predicted molar refractivity (Wildman–Crippen MR) is 46.9 cm³/mol. The normalized spacial score (nSPS) is 27.6. The average Bonchev–Trinajstić information content (AvgIpc) is 2.53. The molecule has 0 aromatic heterocycles. The molecular weight excluding hydrogens is 152 g/mol. The average molecular weight is 168 g/mol. The highest BCUT2D eigenvalue weighted by atomic mass is 16.7. The van der Waals surface area contributed by atoms with Crippen molar-refractivity contribution >= 4 is 0 Å². The largest absolute Gasteiger partial charge is 0.344 e. The van der Waals surface area contributed by atoms with E-state index in [1.165, 1.54) is 18.4 Å². The lowest BCUT2D eigenvalue weighted by molar-refractivity contribution is -0.125. The first kappa shape index (κ1) is 8.27. The van der Waals surface area contributed by atoms with Crippen LogP contribution in [0.15, 0.2) is 11.6 Å². The fraction of sp³-hybridized carbons (Fsp3) is 0.800. The molecular formula is C10H16O2. The van der Waals surface area contributed by atoms with Gasteiger partial charge in [-0.2, -0.15) is 0 Å². The zero-order chi connectivity index (χ0) is 8.44. The van der Waals surface area contributed by atoms with E-state index in [0.717, 1.165) is 26.1 Å². The van der Waals surface area contributed by atoms with Gasteiger partial charge in [-0.05, 0) is 25.3 Å². The van der Waals surface area contributed by atoms with E-state index >= 15 is 0 Å². The maximum atomic E-state index is 5.61. The van der Waals surface area contributed by atoms with Crippen LogP contribution in [0.4, 0.5) is 0 Å². The van der Waals surface area contributed by atoms with E-state index in [1.54, 1.807) is 0 Å². The van der Waals surface area contributed by atoms with Gasteiger partial charge in [0.15, 0.2) is 5.79 Å². The Hall–Kier alpha value is -0.340. The summed E-state index contributed by atoms with van der Waals surface area (Å²) in [5.41, 5.74) is 1.49. The Kier molecular flexibility index (Phi) is 2.20. The van der Waals surface area contributed by atoms with E-state index in [4.69, 9.17) is 9.47 Å². The fourth-order valence-electron chi connectivity index (χ4n) is 1.99. The van der Waals surface area contributed by atoms with Crippen LogP contribution in [0.3, 0.4) is 0 Å². The predicted octanol–water partition coefficient (Wildman–Crippen LogP) is 2.25. The van der Waals surface area contributed by atoms with Gasteiger partial charge in [0.25, 0.3) is 0 Å². The third-order valence-electron chi connectivity index (χ3n) is 2.68. The Labute approximate surface area is 73.5 Å². The van der Waals surface area contributed by atoms with Crippen molar-refractivity contribution in [2.45, 2.75) is 38.4 Å². The molecule has 0 unspecified atom stereocenters. The molecule has 0 bridgehead atoms. The summed E-state index contributed by atoms with van der Waals surface area (Å²) < 4.78 is 11.2. The standard InChI is InChI=1S/C10H16O2/c1-2-9-4-3-5-10(8-9)11-6-7-12-10/h8H,2-7H2,1H3. The van der Waals surface area contributed by atoms with Crippen LogP contribution in [0.5, 0.6) is 0 Å². The highest BCUT2D eigenvalue weighted by molar-refractivity contribution is 5.12. The summed E-state index contributed by atoms with van der Waals surface area (Å²) in [5, 5.41) is 0. The van der Waals surface area contributed by atoms with Gasteiger partial charge >= 0.3 is 0 Å². The van der Waals surface area contributed by atoms with Gasteiger partial charge < -0.3 is 9.47 Å². The minimum absolute atomic E-state index is 0.316. The number of rotatable bonds is 1. The van der Waals surface area contributed by atoms with Crippen LogP contribution in [0.2, 0.25) is 0 Å². The van der Waals surface area contributed by atoms with Crippen LogP contribution in [0.25, 0.3) is 0 Å². The molecule has 1 heterocycles. The first-order chi connectivity index (χ1) is 5.85. The van der Waals surface area contributed by atoms with Gasteiger partial charge in [-0.3, -0.25) is 0 Å². The smallest absolute Gasteiger partial charge is 0.188 e. The Morgan fingerprint density at radius 1 is 1.42 bits per heavy atom. The lowest BCUT2D eigenvalue weighted by Gasteiger charge is -2.29. The first-order valence-electron chi connectivity index (χ1n) is 4.83. The summed E-state index contributed by atoms with van der Waals surface area (Å²) >= 11 is 0. The lowest BCUT2D eigenvalue weighted by Crippen LogP contribution is -2.30. The molecule has 2 aliphatic rings. The van der Waals surface area contributed by atoms with Crippen LogP contribution in [-0.2, 0) is 9.47 Å². The molecule has 12 heavy (non-hydrogen) atoms. The van der Waals surface area contributed by atoms with Crippen molar-refractivity contribution in [3.63, 3.8) is 0 Å². The molecule has 0 radical (unpaired) electrons. The molecule has 0 atom stereocenters. The molecule has 68 valence electrons. The van der Waals surface area contributed by atoms with Gasteiger partial charge in [-0.1, -0.05) is 12.5 Å². The van der Waals surface area contributed by atoms with Crippen LogP contribution >= 0.6 is 0 Å². The first-order valence-corrected chi connectivity index (χ1v) is 4.83. The summed E-state index contributed by atoms with van der Waals surface area (Å²) in [6.07, 6.45) is 6.80. The van der Waals surface area contributed by atoms with E-state index in [-0.39, 0.29) is 5.79 Å².